The highest BCUT2D eigenvalue weighted by Crippen LogP contribution is 2.24. The Morgan fingerprint density at radius 3 is 2.16 bits per heavy atom. The molecule has 5 rings (SSSR count). The van der Waals surface area contributed by atoms with Crippen molar-refractivity contribution < 1.29 is 9.47 Å². The first-order chi connectivity index (χ1) is 18.6. The Kier molecular flexibility index (Phi) is 7.50. The van der Waals surface area contributed by atoms with Crippen molar-refractivity contribution in [3.05, 3.63) is 147 Å². The molecule has 0 radical (unpaired) electrons. The van der Waals surface area contributed by atoms with Gasteiger partial charge in [0.25, 0.3) is 5.56 Å². The summed E-state index contributed by atoms with van der Waals surface area (Å²) in [5, 5.41) is 0.428. The molecule has 4 aromatic carbocycles. The quantitative estimate of drug-likeness (QED) is 0.266. The number of aromatic nitrogens is 2. The predicted molar refractivity (Wildman–Crippen MR) is 151 cm³/mol. The van der Waals surface area contributed by atoms with Crippen molar-refractivity contribution in [3.63, 3.8) is 0 Å². The molecule has 1 heterocycles. The number of ether oxygens (including phenoxy) is 2. The van der Waals surface area contributed by atoms with Gasteiger partial charge in [-0.1, -0.05) is 91.0 Å². The molecule has 0 aliphatic heterocycles. The lowest BCUT2D eigenvalue weighted by atomic mass is 10.2. The van der Waals surface area contributed by atoms with E-state index in [0.29, 0.717) is 29.0 Å². The molecule has 0 saturated carbocycles. The van der Waals surface area contributed by atoms with Gasteiger partial charge in [-0.2, -0.15) is 0 Å². The minimum absolute atomic E-state index is 0.148. The Morgan fingerprint density at radius 1 is 0.737 bits per heavy atom. The Balaban J connectivity index is 1.59. The summed E-state index contributed by atoms with van der Waals surface area (Å²) in [6.45, 7) is 0.747. The summed E-state index contributed by atoms with van der Waals surface area (Å²) in [6.07, 6.45) is 3.89. The number of nitrogens with zero attached hydrogens (tertiary/aromatic N) is 2. The van der Waals surface area contributed by atoms with Crippen molar-refractivity contribution in [2.24, 2.45) is 0 Å². The van der Waals surface area contributed by atoms with Gasteiger partial charge in [0.05, 0.1) is 19.0 Å². The Hall–Kier alpha value is -4.84. The van der Waals surface area contributed by atoms with Crippen molar-refractivity contribution in [2.75, 3.05) is 7.11 Å². The first-order valence-electron chi connectivity index (χ1n) is 12.4. The van der Waals surface area contributed by atoms with Crippen LogP contribution in [0.5, 0.6) is 11.5 Å². The number of allylic oxidation sites excluding steroid dienone is 1. The van der Waals surface area contributed by atoms with E-state index >= 15 is 0 Å². The van der Waals surface area contributed by atoms with Gasteiger partial charge in [0.15, 0.2) is 0 Å². The van der Waals surface area contributed by atoms with Crippen molar-refractivity contribution in [1.82, 2.24) is 9.13 Å². The van der Waals surface area contributed by atoms with Crippen LogP contribution in [0.4, 0.5) is 0 Å². The molecule has 0 unspecified atom stereocenters. The fourth-order valence-electron chi connectivity index (χ4n) is 4.38. The Morgan fingerprint density at radius 2 is 1.45 bits per heavy atom. The van der Waals surface area contributed by atoms with Crippen LogP contribution in [0, 0.1) is 0 Å². The predicted octanol–water partition coefficient (Wildman–Crippen LogP) is 5.51. The van der Waals surface area contributed by atoms with Crippen molar-refractivity contribution >= 4 is 17.0 Å². The van der Waals surface area contributed by atoms with Gasteiger partial charge in [0.1, 0.15) is 23.6 Å². The molecule has 0 aliphatic rings. The minimum Gasteiger partial charge on any atom is -0.497 e. The van der Waals surface area contributed by atoms with Gasteiger partial charge in [-0.25, -0.2) is 4.79 Å². The summed E-state index contributed by atoms with van der Waals surface area (Å²) >= 11 is 0. The molecule has 6 heteroatoms. The van der Waals surface area contributed by atoms with Gasteiger partial charge in [-0.05, 0) is 41.0 Å². The van der Waals surface area contributed by atoms with E-state index in [-0.39, 0.29) is 18.6 Å². The first kappa shape index (κ1) is 24.8. The lowest BCUT2D eigenvalue weighted by molar-refractivity contribution is 0.308. The molecule has 0 atom stereocenters. The fourth-order valence-corrected chi connectivity index (χ4v) is 4.38. The molecular weight excluding hydrogens is 476 g/mol. The van der Waals surface area contributed by atoms with E-state index in [0.717, 1.165) is 16.7 Å². The van der Waals surface area contributed by atoms with Crippen LogP contribution in [0.1, 0.15) is 16.7 Å². The minimum atomic E-state index is -0.396. The van der Waals surface area contributed by atoms with Crippen LogP contribution < -0.4 is 20.7 Å². The number of fused-ring (bicyclic) bond motifs is 1. The molecule has 0 saturated heterocycles. The van der Waals surface area contributed by atoms with Gasteiger partial charge in [0, 0.05) is 6.54 Å². The lowest BCUT2D eigenvalue weighted by Crippen LogP contribution is -2.40. The number of benzene rings is 4. The van der Waals surface area contributed by atoms with Crippen LogP contribution in [0.3, 0.4) is 0 Å². The number of hydrogen-bond acceptors (Lipinski definition) is 4. The van der Waals surface area contributed by atoms with E-state index in [1.54, 1.807) is 29.9 Å². The third-order valence-corrected chi connectivity index (χ3v) is 6.34. The topological polar surface area (TPSA) is 62.5 Å². The number of rotatable bonds is 9. The molecule has 5 aromatic rings. The third kappa shape index (κ3) is 5.44. The third-order valence-electron chi connectivity index (χ3n) is 6.34. The summed E-state index contributed by atoms with van der Waals surface area (Å²) < 4.78 is 14.3. The van der Waals surface area contributed by atoms with Crippen LogP contribution in [0.25, 0.3) is 17.0 Å². The maximum atomic E-state index is 13.8. The molecule has 0 amide bonds. The van der Waals surface area contributed by atoms with Gasteiger partial charge in [-0.3, -0.25) is 13.9 Å². The molecule has 6 nitrogen and oxygen atoms in total. The SMILES string of the molecule is COc1ccc(Cn2c(=O)c3cccc(OCc4ccccc4)c3n(CC=Cc3ccccc3)c2=O)cc1. The second-order valence-electron chi connectivity index (χ2n) is 8.87. The van der Waals surface area contributed by atoms with Crippen LogP contribution in [-0.4, -0.2) is 16.2 Å². The highest BCUT2D eigenvalue weighted by molar-refractivity contribution is 5.84. The van der Waals surface area contributed by atoms with Crippen molar-refractivity contribution in [2.45, 2.75) is 19.7 Å². The standard InChI is InChI=1S/C32H28N2O4/c1-37-27-19-17-25(18-20-27)22-34-31(35)28-15-8-16-29(38-23-26-12-6-3-7-13-26)30(28)33(32(34)36)21-9-14-24-10-4-2-5-11-24/h2-20H,21-23H2,1H3. The molecule has 0 fully saturated rings. The van der Waals surface area contributed by atoms with E-state index < -0.39 is 5.69 Å². The first-order valence-corrected chi connectivity index (χ1v) is 12.4. The number of methoxy groups -OCH3 is 1. The summed E-state index contributed by atoms with van der Waals surface area (Å²) in [7, 11) is 1.60. The monoisotopic (exact) mass is 504 g/mol. The highest BCUT2D eigenvalue weighted by atomic mass is 16.5. The van der Waals surface area contributed by atoms with E-state index in [9.17, 15) is 9.59 Å². The van der Waals surface area contributed by atoms with Crippen molar-refractivity contribution in [1.29, 1.82) is 0 Å². The average molecular weight is 505 g/mol. The van der Waals surface area contributed by atoms with Crippen LogP contribution in [0.15, 0.2) is 119 Å². The van der Waals surface area contributed by atoms with E-state index in [2.05, 4.69) is 0 Å². The summed E-state index contributed by atoms with van der Waals surface area (Å²) in [5.41, 5.74) is 2.59. The molecule has 38 heavy (non-hydrogen) atoms. The molecule has 0 aliphatic carbocycles. The van der Waals surface area contributed by atoms with Gasteiger partial charge < -0.3 is 9.47 Å². The smallest absolute Gasteiger partial charge is 0.332 e. The van der Waals surface area contributed by atoms with Gasteiger partial charge in [0.2, 0.25) is 0 Å². The average Bonchev–Trinajstić information content (AvgIpc) is 2.97. The van der Waals surface area contributed by atoms with Crippen LogP contribution in [0.2, 0.25) is 0 Å². The molecule has 1 aromatic heterocycles. The maximum Gasteiger partial charge on any atom is 0.332 e. The largest absolute Gasteiger partial charge is 0.497 e. The molecule has 0 N–H and O–H groups in total. The Labute approximate surface area is 220 Å². The van der Waals surface area contributed by atoms with Crippen molar-refractivity contribution in [3.8, 4) is 11.5 Å². The zero-order valence-electron chi connectivity index (χ0n) is 21.1. The second kappa shape index (κ2) is 11.5. The van der Waals surface area contributed by atoms with Crippen LogP contribution >= 0.6 is 0 Å². The molecular formula is C32H28N2O4. The summed E-state index contributed by atoms with van der Waals surface area (Å²) in [4.78, 5) is 27.4. The molecule has 190 valence electrons. The van der Waals surface area contributed by atoms with E-state index in [1.807, 2.05) is 97.1 Å². The highest BCUT2D eigenvalue weighted by Gasteiger charge is 2.17. The number of para-hydroxylation sites is 1. The normalized spacial score (nSPS) is 11.2. The summed E-state index contributed by atoms with van der Waals surface area (Å²) in [6, 6.07) is 32.4. The van der Waals surface area contributed by atoms with E-state index in [1.165, 1.54) is 4.57 Å². The van der Waals surface area contributed by atoms with Gasteiger partial charge >= 0.3 is 5.69 Å². The fraction of sp³-hybridized carbons (Fsp3) is 0.125. The van der Waals surface area contributed by atoms with Gasteiger partial charge in [-0.15, -0.1) is 0 Å². The number of hydrogen-bond donors (Lipinski definition) is 0. The lowest BCUT2D eigenvalue weighted by Gasteiger charge is -2.16. The maximum absolute atomic E-state index is 13.8. The molecule has 0 bridgehead atoms. The zero-order chi connectivity index (χ0) is 26.3. The van der Waals surface area contributed by atoms with Crippen LogP contribution in [-0.2, 0) is 19.7 Å². The summed E-state index contributed by atoms with van der Waals surface area (Å²) in [5.74, 6) is 1.20. The Bertz CT molecular complexity index is 1670. The van der Waals surface area contributed by atoms with E-state index in [4.69, 9.17) is 9.47 Å². The molecule has 0 spiro atoms. The zero-order valence-corrected chi connectivity index (χ0v) is 21.1. The second-order valence-corrected chi connectivity index (χ2v) is 8.87.